The van der Waals surface area contributed by atoms with Gasteiger partial charge in [0.2, 0.25) is 5.91 Å². The molecule has 0 spiro atoms. The number of carbonyl (C=O) groups excluding carboxylic acids is 1. The molecule has 0 unspecified atom stereocenters. The van der Waals surface area contributed by atoms with Crippen LogP contribution in [0.3, 0.4) is 0 Å². The second kappa shape index (κ2) is 8.16. The summed E-state index contributed by atoms with van der Waals surface area (Å²) in [5.41, 5.74) is 1.26. The molecule has 2 rings (SSSR count). The lowest BCUT2D eigenvalue weighted by Crippen LogP contribution is -2.36. The Morgan fingerprint density at radius 1 is 1.00 bits per heavy atom. The number of carbonyl (C=O) groups is 1. The Kier molecular flexibility index (Phi) is 6.20. The topological polar surface area (TPSA) is 63.7 Å². The third kappa shape index (κ3) is 4.39. The fourth-order valence-corrected chi connectivity index (χ4v) is 3.84. The highest BCUT2D eigenvalue weighted by Gasteiger charge is 2.30. The van der Waals surface area contributed by atoms with Crippen molar-refractivity contribution < 1.29 is 17.9 Å². The predicted octanol–water partition coefficient (Wildman–Crippen LogP) is 3.92. The van der Waals surface area contributed by atoms with Crippen LogP contribution in [0.25, 0.3) is 0 Å². The monoisotopic (exact) mass is 361 g/mol. The van der Waals surface area contributed by atoms with E-state index < -0.39 is 15.9 Å². The number of hydrogen-bond donors (Lipinski definition) is 0. The number of benzene rings is 2. The van der Waals surface area contributed by atoms with Crippen molar-refractivity contribution >= 4 is 21.6 Å². The molecule has 2 aromatic carbocycles. The molecular weight excluding hydrogens is 338 g/mol. The molecule has 1 amide bonds. The molecule has 0 heterocycles. The summed E-state index contributed by atoms with van der Waals surface area (Å²) in [6.07, 6.45) is 0.716. The van der Waals surface area contributed by atoms with Gasteiger partial charge in [-0.15, -0.1) is 0 Å². The minimum Gasteiger partial charge on any atom is -0.494 e. The average molecular weight is 361 g/mol. The molecule has 5 nitrogen and oxygen atoms in total. The summed E-state index contributed by atoms with van der Waals surface area (Å²) < 4.78 is 32.4. The van der Waals surface area contributed by atoms with E-state index in [1.807, 2.05) is 20.8 Å². The largest absolute Gasteiger partial charge is 0.494 e. The highest BCUT2D eigenvalue weighted by atomic mass is 32.2. The van der Waals surface area contributed by atoms with Crippen molar-refractivity contribution in [3.8, 4) is 5.75 Å². The van der Waals surface area contributed by atoms with Gasteiger partial charge in [-0.1, -0.05) is 24.6 Å². The maximum Gasteiger partial charge on any atom is 0.270 e. The van der Waals surface area contributed by atoms with E-state index in [1.165, 1.54) is 12.1 Å². The summed E-state index contributed by atoms with van der Waals surface area (Å²) >= 11 is 0. The van der Waals surface area contributed by atoms with Crippen LogP contribution in [0.2, 0.25) is 0 Å². The van der Waals surface area contributed by atoms with E-state index in [-0.39, 0.29) is 11.3 Å². The normalized spacial score (nSPS) is 11.2. The van der Waals surface area contributed by atoms with Gasteiger partial charge in [-0.2, -0.15) is 0 Å². The van der Waals surface area contributed by atoms with Crippen molar-refractivity contribution in [1.29, 1.82) is 0 Å². The number of anilines is 1. The zero-order chi connectivity index (χ0) is 18.4. The lowest BCUT2D eigenvalue weighted by Gasteiger charge is -2.23. The van der Waals surface area contributed by atoms with Crippen molar-refractivity contribution in [2.24, 2.45) is 0 Å². The second-order valence-corrected chi connectivity index (χ2v) is 7.44. The van der Waals surface area contributed by atoms with Gasteiger partial charge < -0.3 is 4.74 Å². The zero-order valence-electron chi connectivity index (χ0n) is 14.7. The number of aryl methyl sites for hydroxylation is 1. The Morgan fingerprint density at radius 3 is 2.12 bits per heavy atom. The van der Waals surface area contributed by atoms with Gasteiger partial charge in [0.15, 0.2) is 0 Å². The van der Waals surface area contributed by atoms with E-state index in [2.05, 4.69) is 0 Å². The number of sulfonamides is 1. The molecule has 25 heavy (non-hydrogen) atoms. The fraction of sp³-hybridized carbons (Fsp3) is 0.316. The van der Waals surface area contributed by atoms with Crippen LogP contribution < -0.4 is 9.04 Å². The molecule has 0 fully saturated rings. The van der Waals surface area contributed by atoms with Gasteiger partial charge in [-0.05, 0) is 56.7 Å². The zero-order valence-corrected chi connectivity index (χ0v) is 15.5. The molecule has 2 aromatic rings. The highest BCUT2D eigenvalue weighted by molar-refractivity contribution is 7.93. The lowest BCUT2D eigenvalue weighted by molar-refractivity contribution is -0.117. The third-order valence-electron chi connectivity index (χ3n) is 3.63. The van der Waals surface area contributed by atoms with Gasteiger partial charge in [0.1, 0.15) is 5.75 Å². The number of rotatable bonds is 7. The van der Waals surface area contributed by atoms with Crippen molar-refractivity contribution in [3.05, 3.63) is 54.1 Å². The highest BCUT2D eigenvalue weighted by Crippen LogP contribution is 2.27. The van der Waals surface area contributed by atoms with E-state index >= 15 is 0 Å². The molecular formula is C19H23NO4S. The third-order valence-corrected chi connectivity index (χ3v) is 5.39. The summed E-state index contributed by atoms with van der Waals surface area (Å²) in [7, 11) is -3.97. The Balaban J connectivity index is 2.48. The molecule has 0 aromatic heterocycles. The van der Waals surface area contributed by atoms with Crippen LogP contribution in [0.5, 0.6) is 5.75 Å². The van der Waals surface area contributed by atoms with Crippen LogP contribution >= 0.6 is 0 Å². The number of nitrogens with zero attached hydrogens (tertiary/aromatic N) is 1. The Morgan fingerprint density at radius 2 is 1.60 bits per heavy atom. The minimum absolute atomic E-state index is 0.0939. The Labute approximate surface area is 149 Å². The van der Waals surface area contributed by atoms with Crippen LogP contribution in [-0.2, 0) is 14.8 Å². The van der Waals surface area contributed by atoms with Crippen molar-refractivity contribution in [2.75, 3.05) is 10.9 Å². The molecule has 0 N–H and O–H groups in total. The summed E-state index contributed by atoms with van der Waals surface area (Å²) in [6, 6.07) is 13.0. The summed E-state index contributed by atoms with van der Waals surface area (Å²) in [6.45, 7) is 6.10. The van der Waals surface area contributed by atoms with Crippen molar-refractivity contribution in [3.63, 3.8) is 0 Å². The lowest BCUT2D eigenvalue weighted by atomic mass is 10.2. The molecule has 0 saturated carbocycles. The first-order chi connectivity index (χ1) is 11.9. The molecule has 0 saturated heterocycles. The maximum absolute atomic E-state index is 13.0. The maximum atomic E-state index is 13.0. The van der Waals surface area contributed by atoms with Crippen LogP contribution in [0.15, 0.2) is 53.4 Å². The van der Waals surface area contributed by atoms with E-state index in [0.717, 1.165) is 9.87 Å². The molecule has 0 aliphatic carbocycles. The van der Waals surface area contributed by atoms with Crippen LogP contribution in [0.4, 0.5) is 5.69 Å². The number of amides is 1. The van der Waals surface area contributed by atoms with Crippen LogP contribution in [-0.4, -0.2) is 20.9 Å². The molecule has 0 aliphatic rings. The quantitative estimate of drug-likeness (QED) is 0.750. The van der Waals surface area contributed by atoms with E-state index in [0.29, 0.717) is 24.5 Å². The van der Waals surface area contributed by atoms with Crippen LogP contribution in [0, 0.1) is 6.92 Å². The molecule has 0 aliphatic heterocycles. The van der Waals surface area contributed by atoms with Gasteiger partial charge in [-0.3, -0.25) is 4.79 Å². The smallest absolute Gasteiger partial charge is 0.270 e. The molecule has 134 valence electrons. The second-order valence-electron chi connectivity index (χ2n) is 5.65. The molecule has 0 bridgehead atoms. The van der Waals surface area contributed by atoms with Crippen LogP contribution in [0.1, 0.15) is 32.3 Å². The number of ether oxygens (including phenoxy) is 1. The Bertz CT molecular complexity index is 812. The van der Waals surface area contributed by atoms with E-state index in [1.54, 1.807) is 36.4 Å². The first-order valence-electron chi connectivity index (χ1n) is 8.27. The van der Waals surface area contributed by atoms with Gasteiger partial charge >= 0.3 is 0 Å². The fourth-order valence-electron chi connectivity index (χ4n) is 2.39. The summed E-state index contributed by atoms with van der Waals surface area (Å²) in [5.74, 6) is 0.175. The predicted molar refractivity (Wildman–Crippen MR) is 98.4 cm³/mol. The van der Waals surface area contributed by atoms with Crippen molar-refractivity contribution in [2.45, 2.75) is 38.5 Å². The first-order valence-corrected chi connectivity index (χ1v) is 9.71. The van der Waals surface area contributed by atoms with E-state index in [4.69, 9.17) is 4.74 Å². The minimum atomic E-state index is -3.97. The summed E-state index contributed by atoms with van der Waals surface area (Å²) in [4.78, 5) is 12.7. The van der Waals surface area contributed by atoms with Gasteiger partial charge in [0.25, 0.3) is 10.0 Å². The first kappa shape index (κ1) is 19.0. The van der Waals surface area contributed by atoms with Crippen molar-refractivity contribution in [1.82, 2.24) is 0 Å². The SMILES string of the molecule is CCCC(=O)N(c1ccc(OCC)cc1)S(=O)(=O)c1ccc(C)cc1. The average Bonchev–Trinajstić information content (AvgIpc) is 2.57. The van der Waals surface area contributed by atoms with Gasteiger partial charge in [-0.25, -0.2) is 12.7 Å². The summed E-state index contributed by atoms with van der Waals surface area (Å²) in [5, 5.41) is 0. The Hall–Kier alpha value is -2.34. The number of hydrogen-bond acceptors (Lipinski definition) is 4. The molecule has 0 radical (unpaired) electrons. The molecule has 6 heteroatoms. The van der Waals surface area contributed by atoms with Gasteiger partial charge in [0.05, 0.1) is 17.2 Å². The molecule has 0 atom stereocenters. The van der Waals surface area contributed by atoms with Gasteiger partial charge in [0, 0.05) is 6.42 Å². The van der Waals surface area contributed by atoms with E-state index in [9.17, 15) is 13.2 Å². The standard InChI is InChI=1S/C19H23NO4S/c1-4-6-19(21)20(16-9-11-17(12-10-16)24-5-2)25(22,23)18-13-7-15(3)8-14-18/h7-14H,4-6H2,1-3H3.